The first-order valence-electron chi connectivity index (χ1n) is 9.67. The normalized spacial score (nSPS) is 22.8. The Balaban J connectivity index is 1.59. The maximum absolute atomic E-state index is 13.1. The summed E-state index contributed by atoms with van der Waals surface area (Å²) < 4.78 is 11.0. The zero-order chi connectivity index (χ0) is 19.7. The molecule has 1 aromatic heterocycles. The van der Waals surface area contributed by atoms with Gasteiger partial charge in [0.25, 0.3) is 0 Å². The van der Waals surface area contributed by atoms with E-state index in [-0.39, 0.29) is 31.2 Å². The smallest absolute Gasteiger partial charge is 0.245 e. The first-order chi connectivity index (χ1) is 14.1. The summed E-state index contributed by atoms with van der Waals surface area (Å²) in [7, 11) is 1.69. The molecule has 0 aliphatic carbocycles. The molecule has 7 nitrogen and oxygen atoms in total. The van der Waals surface area contributed by atoms with Crippen LogP contribution >= 0.6 is 0 Å². The topological polar surface area (TPSA) is 74.9 Å². The lowest BCUT2D eigenvalue weighted by Gasteiger charge is -2.46. The zero-order valence-corrected chi connectivity index (χ0v) is 15.8. The van der Waals surface area contributed by atoms with E-state index >= 15 is 0 Å². The second kappa shape index (κ2) is 5.76. The van der Waals surface area contributed by atoms with Crippen LogP contribution in [0.15, 0.2) is 42.5 Å². The van der Waals surface area contributed by atoms with Crippen molar-refractivity contribution in [2.24, 2.45) is 0 Å². The minimum absolute atomic E-state index is 0.0220. The van der Waals surface area contributed by atoms with E-state index in [1.54, 1.807) is 11.9 Å². The number of hydrogen-bond donors (Lipinski definition) is 1. The van der Waals surface area contributed by atoms with E-state index in [1.807, 2.05) is 36.4 Å². The number of ether oxygens (including phenoxy) is 2. The van der Waals surface area contributed by atoms with Crippen LogP contribution in [0.2, 0.25) is 0 Å². The lowest BCUT2D eigenvalue weighted by Crippen LogP contribution is -2.62. The van der Waals surface area contributed by atoms with Crippen molar-refractivity contribution >= 4 is 22.7 Å². The lowest BCUT2D eigenvalue weighted by molar-refractivity contribution is -0.157. The van der Waals surface area contributed by atoms with Gasteiger partial charge in [0.05, 0.1) is 12.6 Å². The molecule has 2 atom stereocenters. The van der Waals surface area contributed by atoms with Gasteiger partial charge < -0.3 is 24.3 Å². The highest BCUT2D eigenvalue weighted by Crippen LogP contribution is 2.44. The van der Waals surface area contributed by atoms with Crippen molar-refractivity contribution in [1.82, 2.24) is 14.8 Å². The van der Waals surface area contributed by atoms with Gasteiger partial charge in [0, 0.05) is 30.1 Å². The van der Waals surface area contributed by atoms with Crippen molar-refractivity contribution < 1.29 is 19.1 Å². The Morgan fingerprint density at radius 1 is 1.07 bits per heavy atom. The number of nitrogens with zero attached hydrogens (tertiary/aromatic N) is 2. The van der Waals surface area contributed by atoms with E-state index in [0.717, 1.165) is 27.7 Å². The molecular formula is C22H19N3O4. The van der Waals surface area contributed by atoms with Gasteiger partial charge in [0.15, 0.2) is 11.5 Å². The van der Waals surface area contributed by atoms with Gasteiger partial charge in [-0.3, -0.25) is 9.59 Å². The van der Waals surface area contributed by atoms with Crippen molar-refractivity contribution in [3.05, 3.63) is 59.3 Å². The monoisotopic (exact) mass is 389 g/mol. The average Bonchev–Trinajstić information content (AvgIpc) is 3.34. The van der Waals surface area contributed by atoms with Crippen molar-refractivity contribution in [2.75, 3.05) is 20.4 Å². The summed E-state index contributed by atoms with van der Waals surface area (Å²) in [5, 5.41) is 1.10. The molecule has 3 aliphatic rings. The van der Waals surface area contributed by atoms with Crippen LogP contribution in [0.3, 0.4) is 0 Å². The van der Waals surface area contributed by atoms with E-state index < -0.39 is 6.04 Å². The van der Waals surface area contributed by atoms with Crippen molar-refractivity contribution in [3.63, 3.8) is 0 Å². The molecular weight excluding hydrogens is 370 g/mol. The Morgan fingerprint density at radius 3 is 2.79 bits per heavy atom. The maximum Gasteiger partial charge on any atom is 0.245 e. The van der Waals surface area contributed by atoms with Crippen molar-refractivity contribution in [3.8, 4) is 11.5 Å². The lowest BCUT2D eigenvalue weighted by atomic mass is 9.86. The predicted octanol–water partition coefficient (Wildman–Crippen LogP) is 2.21. The molecule has 29 heavy (non-hydrogen) atoms. The Labute approximate surface area is 166 Å². The molecule has 1 unspecified atom stereocenters. The molecule has 1 N–H and O–H groups in total. The third-order valence-corrected chi connectivity index (χ3v) is 6.17. The number of piperazine rings is 1. The van der Waals surface area contributed by atoms with Gasteiger partial charge in [-0.25, -0.2) is 0 Å². The van der Waals surface area contributed by atoms with Crippen LogP contribution in [0.4, 0.5) is 0 Å². The molecule has 3 aromatic rings. The van der Waals surface area contributed by atoms with Crippen LogP contribution in [-0.2, 0) is 16.0 Å². The molecule has 2 aromatic carbocycles. The fourth-order valence-corrected chi connectivity index (χ4v) is 4.84. The minimum Gasteiger partial charge on any atom is -0.454 e. The number of hydrogen-bond acceptors (Lipinski definition) is 4. The number of rotatable bonds is 1. The third-order valence-electron chi connectivity index (χ3n) is 6.17. The fraction of sp³-hybridized carbons (Fsp3) is 0.273. The van der Waals surface area contributed by atoms with Gasteiger partial charge in [-0.05, 0) is 29.3 Å². The number of aromatic nitrogens is 1. The molecule has 0 bridgehead atoms. The number of para-hydroxylation sites is 1. The van der Waals surface area contributed by atoms with Crippen LogP contribution in [0.25, 0.3) is 10.9 Å². The molecule has 0 radical (unpaired) electrons. The molecule has 0 spiro atoms. The second-order valence-corrected chi connectivity index (χ2v) is 7.79. The SMILES string of the molecule is CN1CC(=O)N2C(Cc3c([nH]c4ccccc34)[C@@H]2c2ccc3c(c2)OCO3)C1=O. The summed E-state index contributed by atoms with van der Waals surface area (Å²) >= 11 is 0. The van der Waals surface area contributed by atoms with Crippen LogP contribution < -0.4 is 9.47 Å². The Kier molecular flexibility index (Phi) is 3.27. The van der Waals surface area contributed by atoms with Gasteiger partial charge in [-0.1, -0.05) is 24.3 Å². The quantitative estimate of drug-likeness (QED) is 0.693. The minimum atomic E-state index is -0.511. The van der Waals surface area contributed by atoms with E-state index in [1.165, 1.54) is 4.90 Å². The standard InChI is InChI=1S/C22H19N3O4/c1-24-10-19(26)25-16(22(24)27)9-14-13-4-2-3-5-15(13)23-20(14)21(25)12-6-7-17-18(8-12)29-11-28-17/h2-8,16,21,23H,9-11H2,1H3/t16?,21-/m0/s1. The average molecular weight is 389 g/mol. The van der Waals surface area contributed by atoms with E-state index in [4.69, 9.17) is 9.47 Å². The number of amides is 2. The molecule has 1 saturated heterocycles. The number of carbonyl (C=O) groups is 2. The fourth-order valence-electron chi connectivity index (χ4n) is 4.84. The predicted molar refractivity (Wildman–Crippen MR) is 105 cm³/mol. The van der Waals surface area contributed by atoms with E-state index in [9.17, 15) is 9.59 Å². The van der Waals surface area contributed by atoms with Gasteiger partial charge >= 0.3 is 0 Å². The molecule has 0 saturated carbocycles. The molecule has 4 heterocycles. The van der Waals surface area contributed by atoms with Gasteiger partial charge in [0.1, 0.15) is 6.04 Å². The molecule has 3 aliphatic heterocycles. The highest BCUT2D eigenvalue weighted by atomic mass is 16.7. The summed E-state index contributed by atoms with van der Waals surface area (Å²) in [6.07, 6.45) is 0.509. The second-order valence-electron chi connectivity index (χ2n) is 7.79. The highest BCUT2D eigenvalue weighted by Gasteiger charge is 2.47. The Bertz CT molecular complexity index is 1180. The van der Waals surface area contributed by atoms with E-state index in [2.05, 4.69) is 11.1 Å². The number of benzene rings is 2. The van der Waals surface area contributed by atoms with Crippen LogP contribution in [0.1, 0.15) is 22.9 Å². The summed E-state index contributed by atoms with van der Waals surface area (Å²) in [5.74, 6) is 1.28. The molecule has 7 heteroatoms. The zero-order valence-electron chi connectivity index (χ0n) is 15.8. The molecule has 2 amide bonds. The largest absolute Gasteiger partial charge is 0.454 e. The van der Waals surface area contributed by atoms with Gasteiger partial charge in [0.2, 0.25) is 18.6 Å². The van der Waals surface area contributed by atoms with E-state index in [0.29, 0.717) is 17.9 Å². The summed E-state index contributed by atoms with van der Waals surface area (Å²) in [6, 6.07) is 12.9. The Hall–Kier alpha value is -3.48. The summed E-state index contributed by atoms with van der Waals surface area (Å²) in [4.78, 5) is 32.9. The molecule has 1 fully saturated rings. The van der Waals surface area contributed by atoms with Gasteiger partial charge in [-0.2, -0.15) is 0 Å². The van der Waals surface area contributed by atoms with Crippen LogP contribution in [0.5, 0.6) is 11.5 Å². The first kappa shape index (κ1) is 16.5. The summed E-state index contributed by atoms with van der Waals surface area (Å²) in [6.45, 7) is 0.279. The number of nitrogens with one attached hydrogen (secondary N) is 1. The van der Waals surface area contributed by atoms with Crippen LogP contribution in [0, 0.1) is 0 Å². The third kappa shape index (κ3) is 2.24. The summed E-state index contributed by atoms with van der Waals surface area (Å²) in [5.41, 5.74) is 3.97. The molecule has 146 valence electrons. The number of likely N-dealkylation sites (N-methyl/N-ethyl adjacent to an activating group) is 1. The first-order valence-corrected chi connectivity index (χ1v) is 9.67. The van der Waals surface area contributed by atoms with Crippen molar-refractivity contribution in [2.45, 2.75) is 18.5 Å². The number of aromatic amines is 1. The Morgan fingerprint density at radius 2 is 1.90 bits per heavy atom. The number of carbonyl (C=O) groups excluding carboxylic acids is 2. The number of fused-ring (bicyclic) bond motifs is 5. The van der Waals surface area contributed by atoms with Crippen molar-refractivity contribution in [1.29, 1.82) is 0 Å². The number of H-pyrrole nitrogens is 1. The highest BCUT2D eigenvalue weighted by molar-refractivity contribution is 5.97. The van der Waals surface area contributed by atoms with Gasteiger partial charge in [-0.15, -0.1) is 0 Å². The molecule has 6 rings (SSSR count). The van der Waals surface area contributed by atoms with Crippen LogP contribution in [-0.4, -0.2) is 53.0 Å². The maximum atomic E-state index is 13.1.